The third-order valence-corrected chi connectivity index (χ3v) is 5.66. The lowest BCUT2D eigenvalue weighted by molar-refractivity contribution is 0.375. The van der Waals surface area contributed by atoms with Gasteiger partial charge < -0.3 is 20.4 Å². The first kappa shape index (κ1) is 22.5. The quantitative estimate of drug-likeness (QED) is 0.376. The SMILES string of the molecule is I.NC(=NCC1CCCN(c2ncccn2)C1)N1CCN(c2ccc(F)cc2)CC1. The summed E-state index contributed by atoms with van der Waals surface area (Å²) in [6.07, 6.45) is 5.84. The lowest BCUT2D eigenvalue weighted by Gasteiger charge is -2.37. The van der Waals surface area contributed by atoms with Gasteiger partial charge in [0.25, 0.3) is 0 Å². The third-order valence-electron chi connectivity index (χ3n) is 5.66. The Morgan fingerprint density at radius 1 is 1.03 bits per heavy atom. The predicted octanol–water partition coefficient (Wildman–Crippen LogP) is 2.59. The fourth-order valence-electron chi connectivity index (χ4n) is 4.02. The molecule has 2 N–H and O–H groups in total. The molecule has 2 fully saturated rings. The van der Waals surface area contributed by atoms with E-state index in [-0.39, 0.29) is 29.8 Å². The monoisotopic (exact) mass is 525 g/mol. The number of anilines is 2. The van der Waals surface area contributed by atoms with Crippen molar-refractivity contribution in [2.75, 3.05) is 55.6 Å². The van der Waals surface area contributed by atoms with Gasteiger partial charge in [0.1, 0.15) is 5.82 Å². The van der Waals surface area contributed by atoms with Crippen molar-refractivity contribution in [1.82, 2.24) is 14.9 Å². The van der Waals surface area contributed by atoms with Crippen molar-refractivity contribution in [2.45, 2.75) is 12.8 Å². The second-order valence-electron chi connectivity index (χ2n) is 7.65. The van der Waals surface area contributed by atoms with Crippen LogP contribution in [0.2, 0.25) is 0 Å². The minimum atomic E-state index is -0.205. The number of nitrogens with zero attached hydrogens (tertiary/aromatic N) is 6. The molecule has 30 heavy (non-hydrogen) atoms. The maximum absolute atomic E-state index is 13.1. The Bertz CT molecular complexity index is 810. The van der Waals surface area contributed by atoms with E-state index < -0.39 is 0 Å². The molecule has 162 valence electrons. The van der Waals surface area contributed by atoms with E-state index >= 15 is 0 Å². The minimum Gasteiger partial charge on any atom is -0.370 e. The van der Waals surface area contributed by atoms with Crippen LogP contribution in [-0.2, 0) is 0 Å². The van der Waals surface area contributed by atoms with Crippen molar-refractivity contribution in [3.8, 4) is 0 Å². The lowest BCUT2D eigenvalue weighted by Crippen LogP contribution is -2.51. The van der Waals surface area contributed by atoms with Crippen LogP contribution in [0.1, 0.15) is 12.8 Å². The van der Waals surface area contributed by atoms with Gasteiger partial charge >= 0.3 is 0 Å². The summed E-state index contributed by atoms with van der Waals surface area (Å²) >= 11 is 0. The number of hydrogen-bond donors (Lipinski definition) is 1. The minimum absolute atomic E-state index is 0. The average molecular weight is 525 g/mol. The number of aliphatic imine (C=N–C) groups is 1. The number of benzene rings is 1. The zero-order valence-electron chi connectivity index (χ0n) is 17.0. The lowest BCUT2D eigenvalue weighted by atomic mass is 9.98. The van der Waals surface area contributed by atoms with Crippen molar-refractivity contribution in [3.05, 3.63) is 48.5 Å². The molecule has 0 spiro atoms. The van der Waals surface area contributed by atoms with Gasteiger partial charge in [-0.1, -0.05) is 0 Å². The van der Waals surface area contributed by atoms with E-state index in [4.69, 9.17) is 10.7 Å². The molecule has 7 nitrogen and oxygen atoms in total. The Balaban J connectivity index is 0.00000256. The number of nitrogens with two attached hydrogens (primary N) is 1. The highest BCUT2D eigenvalue weighted by Crippen LogP contribution is 2.20. The number of guanidine groups is 1. The number of hydrogen-bond acceptors (Lipinski definition) is 5. The van der Waals surface area contributed by atoms with Crippen molar-refractivity contribution < 1.29 is 4.39 Å². The molecule has 4 rings (SSSR count). The molecule has 2 aliphatic heterocycles. The van der Waals surface area contributed by atoms with Crippen LogP contribution in [0, 0.1) is 11.7 Å². The molecule has 9 heteroatoms. The van der Waals surface area contributed by atoms with Crippen LogP contribution in [0.5, 0.6) is 0 Å². The maximum Gasteiger partial charge on any atom is 0.225 e. The summed E-state index contributed by atoms with van der Waals surface area (Å²) in [7, 11) is 0. The van der Waals surface area contributed by atoms with Crippen LogP contribution < -0.4 is 15.5 Å². The Hall–Kier alpha value is -2.17. The fraction of sp³-hybridized carbons (Fsp3) is 0.476. The van der Waals surface area contributed by atoms with E-state index in [1.165, 1.54) is 12.1 Å². The smallest absolute Gasteiger partial charge is 0.225 e. The summed E-state index contributed by atoms with van der Waals surface area (Å²) in [6.45, 7) is 5.98. The van der Waals surface area contributed by atoms with E-state index in [9.17, 15) is 4.39 Å². The predicted molar refractivity (Wildman–Crippen MR) is 129 cm³/mol. The molecular weight excluding hydrogens is 496 g/mol. The van der Waals surface area contributed by atoms with Crippen molar-refractivity contribution in [3.63, 3.8) is 0 Å². The van der Waals surface area contributed by atoms with Gasteiger partial charge in [-0.25, -0.2) is 14.4 Å². The number of piperazine rings is 1. The highest BCUT2D eigenvalue weighted by atomic mass is 127. The van der Waals surface area contributed by atoms with Gasteiger partial charge in [-0.05, 0) is 49.1 Å². The van der Waals surface area contributed by atoms with Crippen LogP contribution in [0.25, 0.3) is 0 Å². The first-order valence-electron chi connectivity index (χ1n) is 10.3. The molecule has 0 amide bonds. The van der Waals surface area contributed by atoms with Gasteiger partial charge in [0, 0.05) is 63.9 Å². The molecule has 0 bridgehead atoms. The molecule has 1 unspecified atom stereocenters. The highest BCUT2D eigenvalue weighted by molar-refractivity contribution is 14.0. The molecular formula is C21H29FIN7. The zero-order chi connectivity index (χ0) is 20.1. The molecule has 0 aliphatic carbocycles. The molecule has 1 atom stereocenters. The van der Waals surface area contributed by atoms with Crippen LogP contribution in [0.4, 0.5) is 16.0 Å². The Labute approximate surface area is 194 Å². The third kappa shape index (κ3) is 5.71. The van der Waals surface area contributed by atoms with Crippen molar-refractivity contribution >= 4 is 41.6 Å². The summed E-state index contributed by atoms with van der Waals surface area (Å²) < 4.78 is 13.1. The first-order valence-corrected chi connectivity index (χ1v) is 10.3. The fourth-order valence-corrected chi connectivity index (χ4v) is 4.02. The van der Waals surface area contributed by atoms with E-state index in [0.29, 0.717) is 11.9 Å². The van der Waals surface area contributed by atoms with E-state index in [1.807, 2.05) is 18.2 Å². The zero-order valence-corrected chi connectivity index (χ0v) is 19.4. The molecule has 0 saturated carbocycles. The molecule has 2 saturated heterocycles. The van der Waals surface area contributed by atoms with E-state index in [1.54, 1.807) is 12.4 Å². The second kappa shape index (κ2) is 10.7. The molecule has 1 aromatic carbocycles. The van der Waals surface area contributed by atoms with Crippen LogP contribution >= 0.6 is 24.0 Å². The largest absolute Gasteiger partial charge is 0.370 e. The summed E-state index contributed by atoms with van der Waals surface area (Å²) in [4.78, 5) is 20.0. The summed E-state index contributed by atoms with van der Waals surface area (Å²) in [5.41, 5.74) is 7.33. The first-order chi connectivity index (χ1) is 14.2. The summed E-state index contributed by atoms with van der Waals surface area (Å²) in [5.74, 6) is 1.68. The molecule has 1 aromatic heterocycles. The number of rotatable bonds is 4. The summed E-state index contributed by atoms with van der Waals surface area (Å²) in [6, 6.07) is 8.50. The number of piperidine rings is 1. The van der Waals surface area contributed by atoms with Crippen LogP contribution in [-0.4, -0.2) is 66.6 Å². The molecule has 2 aliphatic rings. The van der Waals surface area contributed by atoms with E-state index in [2.05, 4.69) is 24.7 Å². The van der Waals surface area contributed by atoms with Gasteiger partial charge in [0.15, 0.2) is 5.96 Å². The normalized spacial score (nSPS) is 20.1. The Kier molecular flexibility index (Phi) is 8.06. The molecule has 2 aromatic rings. The van der Waals surface area contributed by atoms with Crippen LogP contribution in [0.3, 0.4) is 0 Å². The second-order valence-corrected chi connectivity index (χ2v) is 7.65. The van der Waals surface area contributed by atoms with Crippen LogP contribution in [0.15, 0.2) is 47.7 Å². The number of aromatic nitrogens is 2. The Morgan fingerprint density at radius 3 is 2.43 bits per heavy atom. The van der Waals surface area contributed by atoms with Gasteiger partial charge in [0.2, 0.25) is 5.95 Å². The van der Waals surface area contributed by atoms with Crippen molar-refractivity contribution in [2.24, 2.45) is 16.6 Å². The van der Waals surface area contributed by atoms with Gasteiger partial charge in [-0.2, -0.15) is 0 Å². The maximum atomic E-state index is 13.1. The van der Waals surface area contributed by atoms with Gasteiger partial charge in [-0.15, -0.1) is 24.0 Å². The van der Waals surface area contributed by atoms with Gasteiger partial charge in [0.05, 0.1) is 0 Å². The summed E-state index contributed by atoms with van der Waals surface area (Å²) in [5, 5.41) is 0. The Morgan fingerprint density at radius 2 is 1.73 bits per heavy atom. The highest BCUT2D eigenvalue weighted by Gasteiger charge is 2.23. The topological polar surface area (TPSA) is 73.9 Å². The van der Waals surface area contributed by atoms with Gasteiger partial charge in [-0.3, -0.25) is 4.99 Å². The van der Waals surface area contributed by atoms with Crippen molar-refractivity contribution in [1.29, 1.82) is 0 Å². The molecule has 3 heterocycles. The number of halogens is 2. The van der Waals surface area contributed by atoms with E-state index in [0.717, 1.165) is 70.3 Å². The molecule has 0 radical (unpaired) electrons. The average Bonchev–Trinajstić information content (AvgIpc) is 2.79. The standard InChI is InChI=1S/C21H28FN7.HI/c22-18-4-6-19(7-5-18)27-11-13-28(14-12-27)20(23)26-15-17-3-1-10-29(16-17)21-24-8-2-9-25-21;/h2,4-9,17H,1,3,10-16H2,(H2,23,26);1H.